The van der Waals surface area contributed by atoms with Crippen LogP contribution in [0, 0.1) is 0 Å². The summed E-state index contributed by atoms with van der Waals surface area (Å²) in [6.45, 7) is 2.09. The molecule has 3 rings (SSSR count). The lowest BCUT2D eigenvalue weighted by molar-refractivity contribution is -0.129. The Hall–Kier alpha value is -2.27. The summed E-state index contributed by atoms with van der Waals surface area (Å²) in [4.78, 5) is 28.2. The van der Waals surface area contributed by atoms with Crippen molar-refractivity contribution in [1.29, 1.82) is 0 Å². The molecule has 2 aromatic carbocycles. The first-order chi connectivity index (χ1) is 14.1. The summed E-state index contributed by atoms with van der Waals surface area (Å²) in [6.07, 6.45) is 6.81. The standard InChI is InChI=1S/C24H30N2O2S/c1-3-18-10-9-11-19(16-18)25-24(28)21-14-7-8-15-22(21)29-17-23(27)26(2)20-12-5-4-6-13-20/h7-11,14-16,20H,3-6,12-13,17H2,1-2H3,(H,25,28). The fourth-order valence-electron chi connectivity index (χ4n) is 3.76. The van der Waals surface area contributed by atoms with Crippen molar-refractivity contribution in [1.82, 2.24) is 4.90 Å². The maximum absolute atomic E-state index is 12.8. The molecule has 0 aromatic heterocycles. The van der Waals surface area contributed by atoms with Crippen molar-refractivity contribution in [3.8, 4) is 0 Å². The minimum Gasteiger partial charge on any atom is -0.342 e. The zero-order valence-electron chi connectivity index (χ0n) is 17.3. The molecule has 0 radical (unpaired) electrons. The quantitative estimate of drug-likeness (QED) is 0.623. The van der Waals surface area contributed by atoms with Crippen LogP contribution in [0.4, 0.5) is 5.69 Å². The highest BCUT2D eigenvalue weighted by molar-refractivity contribution is 8.00. The first-order valence-corrected chi connectivity index (χ1v) is 11.4. The fraction of sp³-hybridized carbons (Fsp3) is 0.417. The lowest BCUT2D eigenvalue weighted by Crippen LogP contribution is -2.39. The van der Waals surface area contributed by atoms with Gasteiger partial charge in [-0.2, -0.15) is 0 Å². The second-order valence-corrected chi connectivity index (χ2v) is 8.61. The zero-order chi connectivity index (χ0) is 20.6. The zero-order valence-corrected chi connectivity index (χ0v) is 18.1. The van der Waals surface area contributed by atoms with E-state index in [-0.39, 0.29) is 11.8 Å². The number of aryl methyl sites for hydroxylation is 1. The first kappa shape index (κ1) is 21.4. The molecule has 1 saturated carbocycles. The number of hydrogen-bond donors (Lipinski definition) is 1. The van der Waals surface area contributed by atoms with E-state index in [0.29, 0.717) is 17.4 Å². The minimum atomic E-state index is -0.144. The van der Waals surface area contributed by atoms with Crippen LogP contribution in [0.25, 0.3) is 0 Å². The molecular formula is C24H30N2O2S. The number of benzene rings is 2. The molecule has 0 atom stereocenters. The molecule has 0 aliphatic heterocycles. The summed E-state index contributed by atoms with van der Waals surface area (Å²) in [5.41, 5.74) is 2.58. The summed E-state index contributed by atoms with van der Waals surface area (Å²) in [5, 5.41) is 2.99. The highest BCUT2D eigenvalue weighted by Crippen LogP contribution is 2.26. The monoisotopic (exact) mass is 410 g/mol. The van der Waals surface area contributed by atoms with Gasteiger partial charge in [-0.25, -0.2) is 0 Å². The molecule has 1 aliphatic rings. The average Bonchev–Trinajstić information content (AvgIpc) is 2.77. The van der Waals surface area contributed by atoms with Crippen LogP contribution < -0.4 is 5.32 Å². The van der Waals surface area contributed by atoms with Crippen LogP contribution in [0.5, 0.6) is 0 Å². The smallest absolute Gasteiger partial charge is 0.256 e. The minimum absolute atomic E-state index is 0.132. The van der Waals surface area contributed by atoms with Gasteiger partial charge in [0.1, 0.15) is 0 Å². The number of carbonyl (C=O) groups is 2. The van der Waals surface area contributed by atoms with Crippen LogP contribution in [-0.4, -0.2) is 35.6 Å². The predicted octanol–water partition coefficient (Wildman–Crippen LogP) is 5.38. The van der Waals surface area contributed by atoms with Gasteiger partial charge in [-0.3, -0.25) is 9.59 Å². The second-order valence-electron chi connectivity index (χ2n) is 7.59. The summed E-state index contributed by atoms with van der Waals surface area (Å²) in [6, 6.07) is 15.8. The van der Waals surface area contributed by atoms with Gasteiger partial charge < -0.3 is 10.2 Å². The molecule has 1 fully saturated rings. The molecule has 1 aliphatic carbocycles. The Morgan fingerprint density at radius 2 is 1.83 bits per heavy atom. The van der Waals surface area contributed by atoms with E-state index in [1.54, 1.807) is 0 Å². The number of anilines is 1. The summed E-state index contributed by atoms with van der Waals surface area (Å²) < 4.78 is 0. The number of nitrogens with one attached hydrogen (secondary N) is 1. The van der Waals surface area contributed by atoms with Crippen molar-refractivity contribution >= 4 is 29.3 Å². The van der Waals surface area contributed by atoms with E-state index in [1.807, 2.05) is 60.5 Å². The molecule has 2 aromatic rings. The van der Waals surface area contributed by atoms with Crippen molar-refractivity contribution in [3.63, 3.8) is 0 Å². The topological polar surface area (TPSA) is 49.4 Å². The number of amides is 2. The van der Waals surface area contributed by atoms with Gasteiger partial charge in [-0.15, -0.1) is 11.8 Å². The lowest BCUT2D eigenvalue weighted by Gasteiger charge is -2.31. The summed E-state index contributed by atoms with van der Waals surface area (Å²) in [7, 11) is 1.91. The molecule has 0 heterocycles. The van der Waals surface area contributed by atoms with Crippen LogP contribution in [0.2, 0.25) is 0 Å². The van der Waals surface area contributed by atoms with Gasteiger partial charge in [0.15, 0.2) is 0 Å². The van der Waals surface area contributed by atoms with Crippen LogP contribution in [0.1, 0.15) is 54.9 Å². The van der Waals surface area contributed by atoms with E-state index in [1.165, 1.54) is 36.6 Å². The fourth-order valence-corrected chi connectivity index (χ4v) is 4.73. The Bertz CT molecular complexity index is 846. The third-order valence-corrected chi connectivity index (χ3v) is 6.65. The number of rotatable bonds is 7. The second kappa shape index (κ2) is 10.5. The third kappa shape index (κ3) is 5.86. The number of hydrogen-bond acceptors (Lipinski definition) is 3. The Morgan fingerprint density at radius 1 is 1.07 bits per heavy atom. The van der Waals surface area contributed by atoms with Crippen LogP contribution in [-0.2, 0) is 11.2 Å². The molecule has 154 valence electrons. The molecule has 0 spiro atoms. The predicted molar refractivity (Wildman–Crippen MR) is 121 cm³/mol. The number of carbonyl (C=O) groups excluding carboxylic acids is 2. The van der Waals surface area contributed by atoms with E-state index >= 15 is 0 Å². The van der Waals surface area contributed by atoms with E-state index in [0.717, 1.165) is 29.8 Å². The lowest BCUT2D eigenvalue weighted by atomic mass is 9.94. The Labute approximate surface area is 178 Å². The molecule has 0 bridgehead atoms. The van der Waals surface area contributed by atoms with Crippen LogP contribution >= 0.6 is 11.8 Å². The largest absolute Gasteiger partial charge is 0.342 e. The van der Waals surface area contributed by atoms with Gasteiger partial charge in [0.2, 0.25) is 5.91 Å². The van der Waals surface area contributed by atoms with Gasteiger partial charge >= 0.3 is 0 Å². The highest BCUT2D eigenvalue weighted by atomic mass is 32.2. The molecular weight excluding hydrogens is 380 g/mol. The molecule has 4 nitrogen and oxygen atoms in total. The Balaban J connectivity index is 1.63. The normalized spacial score (nSPS) is 14.4. The summed E-state index contributed by atoms with van der Waals surface area (Å²) in [5.74, 6) is 0.338. The first-order valence-electron chi connectivity index (χ1n) is 10.5. The van der Waals surface area contributed by atoms with Crippen LogP contribution in [0.3, 0.4) is 0 Å². The van der Waals surface area contributed by atoms with E-state index in [9.17, 15) is 9.59 Å². The number of nitrogens with zero attached hydrogens (tertiary/aromatic N) is 1. The number of thioether (sulfide) groups is 1. The molecule has 0 unspecified atom stereocenters. The summed E-state index contributed by atoms with van der Waals surface area (Å²) >= 11 is 1.44. The van der Waals surface area contributed by atoms with Gasteiger partial charge in [-0.1, -0.05) is 50.5 Å². The van der Waals surface area contributed by atoms with Crippen molar-refractivity contribution < 1.29 is 9.59 Å². The molecule has 1 N–H and O–H groups in total. The van der Waals surface area contributed by atoms with Crippen molar-refractivity contribution in [2.75, 3.05) is 18.1 Å². The molecule has 5 heteroatoms. The van der Waals surface area contributed by atoms with E-state index in [2.05, 4.69) is 12.2 Å². The van der Waals surface area contributed by atoms with E-state index in [4.69, 9.17) is 0 Å². The third-order valence-electron chi connectivity index (χ3n) is 5.59. The maximum atomic E-state index is 12.8. The average molecular weight is 411 g/mol. The highest BCUT2D eigenvalue weighted by Gasteiger charge is 2.22. The van der Waals surface area contributed by atoms with Gasteiger partial charge in [0, 0.05) is 23.7 Å². The Morgan fingerprint density at radius 3 is 2.59 bits per heavy atom. The molecule has 29 heavy (non-hydrogen) atoms. The van der Waals surface area contributed by atoms with Crippen LogP contribution in [0.15, 0.2) is 53.4 Å². The van der Waals surface area contributed by atoms with Crippen molar-refractivity contribution in [2.45, 2.75) is 56.4 Å². The van der Waals surface area contributed by atoms with Crippen molar-refractivity contribution in [3.05, 3.63) is 59.7 Å². The molecule has 2 amide bonds. The Kier molecular flexibility index (Phi) is 7.76. The van der Waals surface area contributed by atoms with Gasteiger partial charge in [-0.05, 0) is 49.1 Å². The van der Waals surface area contributed by atoms with Gasteiger partial charge in [0.25, 0.3) is 5.91 Å². The van der Waals surface area contributed by atoms with Crippen molar-refractivity contribution in [2.24, 2.45) is 0 Å². The maximum Gasteiger partial charge on any atom is 0.256 e. The van der Waals surface area contributed by atoms with E-state index < -0.39 is 0 Å². The molecule has 0 saturated heterocycles. The SMILES string of the molecule is CCc1cccc(NC(=O)c2ccccc2SCC(=O)N(C)C2CCCCC2)c1. The van der Waals surface area contributed by atoms with Gasteiger partial charge in [0.05, 0.1) is 11.3 Å².